The van der Waals surface area contributed by atoms with Crippen molar-refractivity contribution in [3.05, 3.63) is 58.4 Å². The molecule has 0 amide bonds. The van der Waals surface area contributed by atoms with Crippen LogP contribution in [0.1, 0.15) is 44.7 Å². The normalized spacial score (nSPS) is 20.3. The van der Waals surface area contributed by atoms with E-state index in [1.54, 1.807) is 13.8 Å². The van der Waals surface area contributed by atoms with Crippen molar-refractivity contribution in [2.45, 2.75) is 39.8 Å². The molecule has 1 aliphatic heterocycles. The molecule has 1 aromatic carbocycles. The number of nitrogens with one attached hydrogen (secondary N) is 1. The molecule has 1 heterocycles. The predicted octanol–water partition coefficient (Wildman–Crippen LogP) is 3.88. The molecule has 2 atom stereocenters. The molecular formula is C22H24F3NO5. The molecule has 0 saturated heterocycles. The Morgan fingerprint density at radius 1 is 1.10 bits per heavy atom. The standard InChI is InChI=1S/C22H24F3NO5/c1-5-30-20(28)17-13(4)26-16(11-12(3)27)19(21(29)31-6-2)18(17)14-9-7-8-10-15(14)22(23,24)25/h7-11,18-19,26H,5-6H2,1-4H3/b16-11-/t18-,19-/m0/s1. The highest BCUT2D eigenvalue weighted by molar-refractivity contribution is 5.96. The third-order valence-electron chi connectivity index (χ3n) is 4.71. The van der Waals surface area contributed by atoms with Crippen molar-refractivity contribution >= 4 is 17.7 Å². The van der Waals surface area contributed by atoms with Crippen molar-refractivity contribution in [3.63, 3.8) is 0 Å². The fourth-order valence-electron chi connectivity index (χ4n) is 3.63. The Balaban J connectivity index is 2.88. The Morgan fingerprint density at radius 2 is 1.71 bits per heavy atom. The lowest BCUT2D eigenvalue weighted by Gasteiger charge is -2.36. The zero-order valence-electron chi connectivity index (χ0n) is 17.6. The smallest absolute Gasteiger partial charge is 0.416 e. The zero-order chi connectivity index (χ0) is 23.3. The topological polar surface area (TPSA) is 81.7 Å². The van der Waals surface area contributed by atoms with Gasteiger partial charge in [0.15, 0.2) is 5.78 Å². The van der Waals surface area contributed by atoms with Crippen molar-refractivity contribution in [3.8, 4) is 0 Å². The summed E-state index contributed by atoms with van der Waals surface area (Å²) in [5.74, 6) is -4.89. The fraction of sp³-hybridized carbons (Fsp3) is 0.409. The first-order valence-electron chi connectivity index (χ1n) is 9.72. The maximum atomic E-state index is 13.8. The van der Waals surface area contributed by atoms with Gasteiger partial charge in [0.25, 0.3) is 0 Å². The summed E-state index contributed by atoms with van der Waals surface area (Å²) in [7, 11) is 0. The first-order valence-corrected chi connectivity index (χ1v) is 9.72. The molecule has 1 aromatic rings. The number of ether oxygens (including phenoxy) is 2. The minimum atomic E-state index is -4.74. The highest BCUT2D eigenvalue weighted by atomic mass is 19.4. The van der Waals surface area contributed by atoms with Gasteiger partial charge in [-0.3, -0.25) is 9.59 Å². The minimum Gasteiger partial charge on any atom is -0.465 e. The second-order valence-electron chi connectivity index (χ2n) is 6.89. The van der Waals surface area contributed by atoms with Crippen LogP contribution in [0.25, 0.3) is 0 Å². The van der Waals surface area contributed by atoms with E-state index in [1.165, 1.54) is 32.0 Å². The van der Waals surface area contributed by atoms with Crippen molar-refractivity contribution in [2.24, 2.45) is 5.92 Å². The van der Waals surface area contributed by atoms with Crippen LogP contribution in [0.3, 0.4) is 0 Å². The van der Waals surface area contributed by atoms with Gasteiger partial charge in [-0.25, -0.2) is 4.79 Å². The highest BCUT2D eigenvalue weighted by Crippen LogP contribution is 2.46. The van der Waals surface area contributed by atoms with Gasteiger partial charge in [0.2, 0.25) is 0 Å². The lowest BCUT2D eigenvalue weighted by atomic mass is 9.73. The van der Waals surface area contributed by atoms with Gasteiger partial charge in [-0.1, -0.05) is 18.2 Å². The second-order valence-corrected chi connectivity index (χ2v) is 6.89. The molecular weight excluding hydrogens is 415 g/mol. The summed E-state index contributed by atoms with van der Waals surface area (Å²) in [6.07, 6.45) is -3.62. The van der Waals surface area contributed by atoms with E-state index in [4.69, 9.17) is 9.47 Å². The number of hydrogen-bond donors (Lipinski definition) is 1. The summed E-state index contributed by atoms with van der Waals surface area (Å²) in [6.45, 7) is 5.79. The molecule has 0 spiro atoms. The third kappa shape index (κ3) is 5.34. The number of halogens is 3. The van der Waals surface area contributed by atoms with Crippen LogP contribution in [-0.4, -0.2) is 30.9 Å². The van der Waals surface area contributed by atoms with Crippen molar-refractivity contribution in [1.29, 1.82) is 0 Å². The molecule has 9 heteroatoms. The summed E-state index contributed by atoms with van der Waals surface area (Å²) in [5, 5.41) is 2.82. The molecule has 0 bridgehead atoms. The Labute approximate surface area is 178 Å². The number of carbonyl (C=O) groups is 3. The van der Waals surface area contributed by atoms with E-state index in [-0.39, 0.29) is 35.7 Å². The number of allylic oxidation sites excluding steroid dienone is 2. The molecule has 0 aliphatic carbocycles. The van der Waals surface area contributed by atoms with Crippen molar-refractivity contribution in [2.75, 3.05) is 13.2 Å². The Morgan fingerprint density at radius 3 is 2.26 bits per heavy atom. The third-order valence-corrected chi connectivity index (χ3v) is 4.71. The number of carbonyl (C=O) groups excluding carboxylic acids is 3. The number of ketones is 1. The van der Waals surface area contributed by atoms with E-state index in [0.717, 1.165) is 12.1 Å². The molecule has 168 valence electrons. The van der Waals surface area contributed by atoms with Crippen LogP contribution in [0, 0.1) is 5.92 Å². The number of esters is 2. The average molecular weight is 439 g/mol. The molecule has 0 radical (unpaired) electrons. The predicted molar refractivity (Wildman–Crippen MR) is 106 cm³/mol. The van der Waals surface area contributed by atoms with Crippen LogP contribution in [0.5, 0.6) is 0 Å². The van der Waals surface area contributed by atoms with Crippen LogP contribution < -0.4 is 5.32 Å². The molecule has 1 aliphatic rings. The molecule has 31 heavy (non-hydrogen) atoms. The number of rotatable bonds is 6. The van der Waals surface area contributed by atoms with Gasteiger partial charge in [-0.05, 0) is 39.3 Å². The number of alkyl halides is 3. The van der Waals surface area contributed by atoms with Crippen LogP contribution in [0.15, 0.2) is 47.3 Å². The molecule has 0 unspecified atom stereocenters. The monoisotopic (exact) mass is 439 g/mol. The van der Waals surface area contributed by atoms with E-state index < -0.39 is 41.3 Å². The van der Waals surface area contributed by atoms with Gasteiger partial charge in [0.05, 0.1) is 24.4 Å². The lowest BCUT2D eigenvalue weighted by molar-refractivity contribution is -0.149. The molecule has 6 nitrogen and oxygen atoms in total. The highest BCUT2D eigenvalue weighted by Gasteiger charge is 2.47. The lowest BCUT2D eigenvalue weighted by Crippen LogP contribution is -2.41. The second kappa shape index (κ2) is 9.80. The Kier molecular flexibility index (Phi) is 7.65. The largest absolute Gasteiger partial charge is 0.465 e. The quantitative estimate of drug-likeness (QED) is 0.535. The fourth-order valence-corrected chi connectivity index (χ4v) is 3.63. The number of benzene rings is 1. The first-order chi connectivity index (χ1) is 14.5. The SMILES string of the molecule is CCOC(=O)C1=C(C)N/C(=C\C(C)=O)[C@H](C(=O)OCC)[C@H]1c1ccccc1C(F)(F)F. The van der Waals surface area contributed by atoms with Gasteiger partial charge in [-0.15, -0.1) is 0 Å². The van der Waals surface area contributed by atoms with Crippen molar-refractivity contribution in [1.82, 2.24) is 5.32 Å². The van der Waals surface area contributed by atoms with E-state index in [0.29, 0.717) is 0 Å². The van der Waals surface area contributed by atoms with E-state index in [2.05, 4.69) is 5.32 Å². The van der Waals surface area contributed by atoms with Crippen LogP contribution >= 0.6 is 0 Å². The zero-order valence-corrected chi connectivity index (χ0v) is 17.6. The van der Waals surface area contributed by atoms with E-state index >= 15 is 0 Å². The van der Waals surface area contributed by atoms with E-state index in [9.17, 15) is 27.6 Å². The minimum absolute atomic E-state index is 0.0104. The van der Waals surface area contributed by atoms with Crippen LogP contribution in [0.2, 0.25) is 0 Å². The molecule has 0 aromatic heterocycles. The van der Waals surface area contributed by atoms with Gasteiger partial charge < -0.3 is 14.8 Å². The molecule has 2 rings (SSSR count). The summed E-state index contributed by atoms with van der Waals surface area (Å²) in [6, 6.07) is 4.70. The van der Waals surface area contributed by atoms with Crippen molar-refractivity contribution < 1.29 is 37.0 Å². The first kappa shape index (κ1) is 24.2. The summed E-state index contributed by atoms with van der Waals surface area (Å²) in [4.78, 5) is 37.4. The molecule has 0 fully saturated rings. The average Bonchev–Trinajstić information content (AvgIpc) is 2.66. The van der Waals surface area contributed by atoms with Gasteiger partial charge in [0.1, 0.15) is 5.92 Å². The van der Waals surface area contributed by atoms with Gasteiger partial charge in [-0.2, -0.15) is 13.2 Å². The maximum Gasteiger partial charge on any atom is 0.416 e. The van der Waals surface area contributed by atoms with Crippen LogP contribution in [0.4, 0.5) is 13.2 Å². The maximum absolute atomic E-state index is 13.8. The van der Waals surface area contributed by atoms with E-state index in [1.807, 2.05) is 0 Å². The Hall–Kier alpha value is -3.10. The Bertz CT molecular complexity index is 933. The van der Waals surface area contributed by atoms with Crippen LogP contribution in [-0.2, 0) is 30.0 Å². The molecule has 1 N–H and O–H groups in total. The van der Waals surface area contributed by atoms with Gasteiger partial charge >= 0.3 is 18.1 Å². The van der Waals surface area contributed by atoms with Gasteiger partial charge in [0, 0.05) is 23.4 Å². The summed E-state index contributed by atoms with van der Waals surface area (Å²) >= 11 is 0. The summed E-state index contributed by atoms with van der Waals surface area (Å²) < 4.78 is 51.7. The number of hydrogen-bond acceptors (Lipinski definition) is 6. The molecule has 0 saturated carbocycles. The summed E-state index contributed by atoms with van der Waals surface area (Å²) in [5.41, 5.74) is -1.16.